The maximum absolute atomic E-state index is 12.0. The number of H-pyrrole nitrogens is 1. The summed E-state index contributed by atoms with van der Waals surface area (Å²) in [6.45, 7) is 3.87. The van der Waals surface area contributed by atoms with Gasteiger partial charge in [0.05, 0.1) is 12.8 Å². The number of aryl methyl sites for hydroxylation is 1. The number of benzene rings is 1. The maximum atomic E-state index is 12.0. The first-order valence-electron chi connectivity index (χ1n) is 7.71. The summed E-state index contributed by atoms with van der Waals surface area (Å²) in [6.07, 6.45) is 2.38. The van der Waals surface area contributed by atoms with Crippen LogP contribution in [-0.2, 0) is 0 Å². The van der Waals surface area contributed by atoms with Crippen LogP contribution in [0, 0.1) is 18.3 Å². The number of methoxy groups -OCH3 is 1. The van der Waals surface area contributed by atoms with E-state index in [1.807, 2.05) is 37.3 Å². The quantitative estimate of drug-likeness (QED) is 0.946. The summed E-state index contributed by atoms with van der Waals surface area (Å²) >= 11 is 0. The molecule has 1 aliphatic rings. The Morgan fingerprint density at radius 3 is 2.65 bits per heavy atom. The third kappa shape index (κ3) is 2.80. The lowest BCUT2D eigenvalue weighted by Gasteiger charge is -2.21. The SMILES string of the molecule is COc1cc(-c2cc(C)[nH]c(=O)c2C#N)ccc1N1CCCC1. The van der Waals surface area contributed by atoms with Crippen LogP contribution in [0.1, 0.15) is 24.1 Å². The minimum atomic E-state index is -0.356. The van der Waals surface area contributed by atoms with E-state index >= 15 is 0 Å². The second kappa shape index (κ2) is 6.17. The topological polar surface area (TPSA) is 69.1 Å². The average molecular weight is 309 g/mol. The predicted molar refractivity (Wildman–Crippen MR) is 89.9 cm³/mol. The van der Waals surface area contributed by atoms with Crippen molar-refractivity contribution < 1.29 is 4.74 Å². The molecular weight excluding hydrogens is 290 g/mol. The molecule has 1 N–H and O–H groups in total. The monoisotopic (exact) mass is 309 g/mol. The molecule has 0 unspecified atom stereocenters. The lowest BCUT2D eigenvalue weighted by Crippen LogP contribution is -2.18. The molecule has 1 fully saturated rings. The molecule has 118 valence electrons. The summed E-state index contributed by atoms with van der Waals surface area (Å²) < 4.78 is 5.54. The van der Waals surface area contributed by atoms with E-state index in [2.05, 4.69) is 9.88 Å². The number of hydrogen-bond acceptors (Lipinski definition) is 4. The maximum Gasteiger partial charge on any atom is 0.266 e. The highest BCUT2D eigenvalue weighted by atomic mass is 16.5. The highest BCUT2D eigenvalue weighted by Crippen LogP contribution is 2.35. The number of rotatable bonds is 3. The van der Waals surface area contributed by atoms with E-state index in [1.54, 1.807) is 7.11 Å². The van der Waals surface area contributed by atoms with E-state index in [0.717, 1.165) is 35.8 Å². The van der Waals surface area contributed by atoms with Crippen molar-refractivity contribution in [2.75, 3.05) is 25.1 Å². The summed E-state index contributed by atoms with van der Waals surface area (Å²) in [4.78, 5) is 16.9. The molecule has 3 rings (SSSR count). The van der Waals surface area contributed by atoms with Crippen molar-refractivity contribution >= 4 is 5.69 Å². The number of nitrogens with one attached hydrogen (secondary N) is 1. The van der Waals surface area contributed by atoms with Gasteiger partial charge in [-0.3, -0.25) is 4.79 Å². The zero-order valence-electron chi connectivity index (χ0n) is 13.3. The van der Waals surface area contributed by atoms with Crippen LogP contribution in [0.15, 0.2) is 29.1 Å². The van der Waals surface area contributed by atoms with Gasteiger partial charge in [-0.25, -0.2) is 0 Å². The fourth-order valence-corrected chi connectivity index (χ4v) is 3.09. The third-order valence-corrected chi connectivity index (χ3v) is 4.22. The van der Waals surface area contributed by atoms with E-state index < -0.39 is 0 Å². The smallest absolute Gasteiger partial charge is 0.266 e. The zero-order valence-corrected chi connectivity index (χ0v) is 13.3. The first-order chi connectivity index (χ1) is 11.1. The Morgan fingerprint density at radius 2 is 2.00 bits per heavy atom. The fourth-order valence-electron chi connectivity index (χ4n) is 3.09. The molecule has 1 saturated heterocycles. The number of ether oxygens (including phenoxy) is 1. The van der Waals surface area contributed by atoms with Crippen LogP contribution in [0.3, 0.4) is 0 Å². The van der Waals surface area contributed by atoms with Crippen molar-refractivity contribution in [1.82, 2.24) is 4.98 Å². The summed E-state index contributed by atoms with van der Waals surface area (Å²) in [5.41, 5.74) is 3.02. The van der Waals surface area contributed by atoms with Gasteiger partial charge in [-0.1, -0.05) is 6.07 Å². The van der Waals surface area contributed by atoms with Crippen LogP contribution in [0.5, 0.6) is 5.75 Å². The first kappa shape index (κ1) is 15.2. The summed E-state index contributed by atoms with van der Waals surface area (Å²) in [6, 6.07) is 9.69. The van der Waals surface area contributed by atoms with E-state index in [-0.39, 0.29) is 11.1 Å². The molecule has 5 nitrogen and oxygen atoms in total. The minimum absolute atomic E-state index is 0.131. The van der Waals surface area contributed by atoms with Gasteiger partial charge in [0.25, 0.3) is 5.56 Å². The van der Waals surface area contributed by atoms with E-state index in [0.29, 0.717) is 5.56 Å². The molecule has 1 aromatic carbocycles. The van der Waals surface area contributed by atoms with Crippen molar-refractivity contribution in [2.45, 2.75) is 19.8 Å². The number of nitrogens with zero attached hydrogens (tertiary/aromatic N) is 2. The van der Waals surface area contributed by atoms with Crippen LogP contribution in [0.25, 0.3) is 11.1 Å². The Balaban J connectivity index is 2.12. The van der Waals surface area contributed by atoms with Gasteiger partial charge in [0.2, 0.25) is 0 Å². The molecule has 1 aliphatic heterocycles. The zero-order chi connectivity index (χ0) is 16.4. The van der Waals surface area contributed by atoms with Gasteiger partial charge in [-0.2, -0.15) is 5.26 Å². The molecule has 23 heavy (non-hydrogen) atoms. The van der Waals surface area contributed by atoms with Crippen LogP contribution in [0.4, 0.5) is 5.69 Å². The van der Waals surface area contributed by atoms with Gasteiger partial charge in [-0.05, 0) is 43.5 Å². The van der Waals surface area contributed by atoms with Gasteiger partial charge in [-0.15, -0.1) is 0 Å². The van der Waals surface area contributed by atoms with E-state index in [9.17, 15) is 10.1 Å². The Labute approximate surface area is 135 Å². The summed E-state index contributed by atoms with van der Waals surface area (Å²) in [5.74, 6) is 0.770. The molecule has 0 atom stereocenters. The Bertz CT molecular complexity index is 827. The molecule has 0 radical (unpaired) electrons. The number of nitriles is 1. The lowest BCUT2D eigenvalue weighted by molar-refractivity contribution is 0.415. The molecule has 0 bridgehead atoms. The van der Waals surface area contributed by atoms with E-state index in [4.69, 9.17) is 4.74 Å². The van der Waals surface area contributed by atoms with Crippen LogP contribution < -0.4 is 15.2 Å². The molecule has 0 amide bonds. The number of aromatic nitrogens is 1. The Morgan fingerprint density at radius 1 is 1.26 bits per heavy atom. The van der Waals surface area contributed by atoms with Crippen LogP contribution >= 0.6 is 0 Å². The molecule has 2 aromatic rings. The number of hydrogen-bond donors (Lipinski definition) is 1. The fraction of sp³-hybridized carbons (Fsp3) is 0.333. The highest BCUT2D eigenvalue weighted by molar-refractivity contribution is 5.75. The predicted octanol–water partition coefficient (Wildman–Crippen LogP) is 2.83. The van der Waals surface area contributed by atoms with Gasteiger partial charge < -0.3 is 14.6 Å². The van der Waals surface area contributed by atoms with Crippen molar-refractivity contribution in [1.29, 1.82) is 5.26 Å². The second-order valence-corrected chi connectivity index (χ2v) is 5.76. The largest absolute Gasteiger partial charge is 0.495 e. The molecule has 5 heteroatoms. The Hall–Kier alpha value is -2.74. The third-order valence-electron chi connectivity index (χ3n) is 4.22. The molecule has 0 spiro atoms. The van der Waals surface area contributed by atoms with Gasteiger partial charge in [0.1, 0.15) is 17.4 Å². The van der Waals surface area contributed by atoms with Gasteiger partial charge in [0.15, 0.2) is 0 Å². The van der Waals surface area contributed by atoms with Gasteiger partial charge in [0, 0.05) is 24.3 Å². The second-order valence-electron chi connectivity index (χ2n) is 5.76. The van der Waals surface area contributed by atoms with Crippen molar-refractivity contribution in [3.8, 4) is 22.9 Å². The van der Waals surface area contributed by atoms with E-state index in [1.165, 1.54) is 12.8 Å². The number of pyridine rings is 1. The average Bonchev–Trinajstić information content (AvgIpc) is 3.07. The molecule has 0 saturated carbocycles. The van der Waals surface area contributed by atoms with Crippen molar-refractivity contribution in [3.63, 3.8) is 0 Å². The van der Waals surface area contributed by atoms with Crippen molar-refractivity contribution in [2.24, 2.45) is 0 Å². The standard InChI is InChI=1S/C18H19N3O2/c1-12-9-14(15(11-19)18(22)20-12)13-5-6-16(17(10-13)23-2)21-7-3-4-8-21/h5-6,9-10H,3-4,7-8H2,1-2H3,(H,20,22). The minimum Gasteiger partial charge on any atom is -0.495 e. The lowest BCUT2D eigenvalue weighted by atomic mass is 10.00. The number of anilines is 1. The van der Waals surface area contributed by atoms with Gasteiger partial charge >= 0.3 is 0 Å². The summed E-state index contributed by atoms with van der Waals surface area (Å²) in [7, 11) is 1.65. The highest BCUT2D eigenvalue weighted by Gasteiger charge is 2.18. The number of aromatic amines is 1. The summed E-state index contributed by atoms with van der Waals surface area (Å²) in [5, 5.41) is 9.30. The van der Waals surface area contributed by atoms with Crippen LogP contribution in [0.2, 0.25) is 0 Å². The normalized spacial score (nSPS) is 13.9. The molecular formula is C18H19N3O2. The molecule has 2 heterocycles. The molecule has 0 aliphatic carbocycles. The first-order valence-corrected chi connectivity index (χ1v) is 7.71. The van der Waals surface area contributed by atoms with Crippen molar-refractivity contribution in [3.05, 3.63) is 45.9 Å². The Kier molecular flexibility index (Phi) is 4.07. The molecule has 1 aromatic heterocycles. The van der Waals surface area contributed by atoms with Crippen LogP contribution in [-0.4, -0.2) is 25.2 Å².